The number of hydrogen-bond donors (Lipinski definition) is 1. The summed E-state index contributed by atoms with van der Waals surface area (Å²) in [6.07, 6.45) is 2.46. The average molecular weight is 188 g/mol. The highest BCUT2D eigenvalue weighted by Crippen LogP contribution is 2.13. The molecule has 1 aliphatic heterocycles. The Hall–Kier alpha value is -1.31. The summed E-state index contributed by atoms with van der Waals surface area (Å²) in [4.78, 5) is 2.16. The Morgan fingerprint density at radius 1 is 1.29 bits per heavy atom. The Kier molecular flexibility index (Phi) is 2.53. The first kappa shape index (κ1) is 9.25. The number of amidine groups is 1. The minimum absolute atomic E-state index is 0.686. The molecule has 14 heavy (non-hydrogen) atoms. The third kappa shape index (κ3) is 1.79. The fraction of sp³-hybridized carbons (Fsp3) is 0.417. The molecule has 0 saturated carbocycles. The van der Waals surface area contributed by atoms with Gasteiger partial charge in [-0.1, -0.05) is 23.8 Å². The second-order valence-corrected chi connectivity index (χ2v) is 3.91. The number of aryl methyl sites for hydroxylation is 1. The van der Waals surface area contributed by atoms with E-state index in [1.165, 1.54) is 18.4 Å². The third-order valence-electron chi connectivity index (χ3n) is 2.71. The van der Waals surface area contributed by atoms with Crippen LogP contribution in [0.15, 0.2) is 24.3 Å². The molecule has 1 saturated heterocycles. The molecule has 1 fully saturated rings. The van der Waals surface area contributed by atoms with E-state index in [4.69, 9.17) is 5.41 Å². The molecule has 0 spiro atoms. The van der Waals surface area contributed by atoms with Crippen LogP contribution < -0.4 is 0 Å². The summed E-state index contributed by atoms with van der Waals surface area (Å²) in [5.74, 6) is 0.686. The Morgan fingerprint density at radius 2 is 2.00 bits per heavy atom. The van der Waals surface area contributed by atoms with Crippen molar-refractivity contribution >= 4 is 5.84 Å². The standard InChI is InChI=1S/C12H16N2/c1-10-5-4-6-11(9-10)12(13)14-7-2-3-8-14/h4-6,9,13H,2-3,7-8H2,1H3. The Balaban J connectivity index is 2.17. The van der Waals surface area contributed by atoms with Gasteiger partial charge in [-0.05, 0) is 25.8 Å². The van der Waals surface area contributed by atoms with Gasteiger partial charge in [0.15, 0.2) is 0 Å². The highest BCUT2D eigenvalue weighted by Gasteiger charge is 2.15. The molecule has 1 heterocycles. The molecule has 74 valence electrons. The lowest BCUT2D eigenvalue weighted by atomic mass is 10.1. The van der Waals surface area contributed by atoms with Crippen LogP contribution in [0.3, 0.4) is 0 Å². The van der Waals surface area contributed by atoms with E-state index in [1.807, 2.05) is 12.1 Å². The minimum Gasteiger partial charge on any atom is -0.357 e. The molecule has 0 atom stereocenters. The summed E-state index contributed by atoms with van der Waals surface area (Å²) in [6.45, 7) is 4.17. The monoisotopic (exact) mass is 188 g/mol. The van der Waals surface area contributed by atoms with Crippen molar-refractivity contribution in [3.05, 3.63) is 35.4 Å². The van der Waals surface area contributed by atoms with E-state index in [9.17, 15) is 0 Å². The van der Waals surface area contributed by atoms with Gasteiger partial charge >= 0.3 is 0 Å². The van der Waals surface area contributed by atoms with Gasteiger partial charge in [-0.15, -0.1) is 0 Å². The average Bonchev–Trinajstić information content (AvgIpc) is 2.69. The highest BCUT2D eigenvalue weighted by atomic mass is 15.2. The number of rotatable bonds is 1. The lowest BCUT2D eigenvalue weighted by Gasteiger charge is -2.18. The first-order valence-electron chi connectivity index (χ1n) is 5.18. The zero-order chi connectivity index (χ0) is 9.97. The summed E-state index contributed by atoms with van der Waals surface area (Å²) >= 11 is 0. The quantitative estimate of drug-likeness (QED) is 0.532. The molecule has 1 aliphatic rings. The summed E-state index contributed by atoms with van der Waals surface area (Å²) in [5, 5.41) is 8.05. The van der Waals surface area contributed by atoms with Crippen molar-refractivity contribution in [2.24, 2.45) is 0 Å². The van der Waals surface area contributed by atoms with Gasteiger partial charge in [-0.2, -0.15) is 0 Å². The van der Waals surface area contributed by atoms with Crippen molar-refractivity contribution < 1.29 is 0 Å². The Morgan fingerprint density at radius 3 is 2.64 bits per heavy atom. The van der Waals surface area contributed by atoms with Gasteiger partial charge in [0.2, 0.25) is 0 Å². The molecule has 0 amide bonds. The molecule has 0 unspecified atom stereocenters. The molecule has 2 heteroatoms. The van der Waals surface area contributed by atoms with Crippen LogP contribution in [0.2, 0.25) is 0 Å². The van der Waals surface area contributed by atoms with E-state index < -0.39 is 0 Å². The summed E-state index contributed by atoms with van der Waals surface area (Å²) in [5.41, 5.74) is 2.28. The normalized spacial score (nSPS) is 15.9. The molecular formula is C12H16N2. The van der Waals surface area contributed by atoms with E-state index in [0.29, 0.717) is 5.84 Å². The van der Waals surface area contributed by atoms with Gasteiger partial charge in [0.05, 0.1) is 0 Å². The predicted molar refractivity (Wildman–Crippen MR) is 58.8 cm³/mol. The third-order valence-corrected chi connectivity index (χ3v) is 2.71. The van der Waals surface area contributed by atoms with Gasteiger partial charge < -0.3 is 4.90 Å². The van der Waals surface area contributed by atoms with Crippen molar-refractivity contribution in [3.63, 3.8) is 0 Å². The van der Waals surface area contributed by atoms with Crippen molar-refractivity contribution in [1.82, 2.24) is 4.90 Å². The second kappa shape index (κ2) is 3.82. The number of likely N-dealkylation sites (tertiary alicyclic amines) is 1. The van der Waals surface area contributed by atoms with Crippen LogP contribution >= 0.6 is 0 Å². The van der Waals surface area contributed by atoms with Gasteiger partial charge in [0.25, 0.3) is 0 Å². The molecule has 0 bridgehead atoms. The fourth-order valence-corrected chi connectivity index (χ4v) is 1.92. The maximum Gasteiger partial charge on any atom is 0.128 e. The van der Waals surface area contributed by atoms with Crippen molar-refractivity contribution in [2.75, 3.05) is 13.1 Å². The lowest BCUT2D eigenvalue weighted by Crippen LogP contribution is -2.27. The Labute approximate surface area is 85.1 Å². The smallest absolute Gasteiger partial charge is 0.128 e. The fourth-order valence-electron chi connectivity index (χ4n) is 1.92. The SMILES string of the molecule is Cc1cccc(C(=N)N2CCCC2)c1. The van der Waals surface area contributed by atoms with Gasteiger partial charge in [0.1, 0.15) is 5.84 Å². The predicted octanol–water partition coefficient (Wildman–Crippen LogP) is 2.42. The first-order chi connectivity index (χ1) is 6.77. The van der Waals surface area contributed by atoms with Gasteiger partial charge in [-0.3, -0.25) is 5.41 Å². The minimum atomic E-state index is 0.686. The first-order valence-corrected chi connectivity index (χ1v) is 5.18. The maximum absolute atomic E-state index is 8.05. The summed E-state index contributed by atoms with van der Waals surface area (Å²) in [7, 11) is 0. The van der Waals surface area contributed by atoms with E-state index in [2.05, 4.69) is 24.0 Å². The molecule has 2 rings (SSSR count). The molecule has 0 aromatic heterocycles. The van der Waals surface area contributed by atoms with Gasteiger partial charge in [-0.25, -0.2) is 0 Å². The molecule has 0 aliphatic carbocycles. The number of benzene rings is 1. The molecule has 1 N–H and O–H groups in total. The van der Waals surface area contributed by atoms with Crippen LogP contribution in [-0.2, 0) is 0 Å². The highest BCUT2D eigenvalue weighted by molar-refractivity contribution is 5.96. The number of nitrogens with zero attached hydrogens (tertiary/aromatic N) is 1. The van der Waals surface area contributed by atoms with E-state index in [1.54, 1.807) is 0 Å². The van der Waals surface area contributed by atoms with E-state index in [-0.39, 0.29) is 0 Å². The van der Waals surface area contributed by atoms with Crippen molar-refractivity contribution in [1.29, 1.82) is 5.41 Å². The van der Waals surface area contributed by atoms with Gasteiger partial charge in [0, 0.05) is 18.7 Å². The second-order valence-electron chi connectivity index (χ2n) is 3.91. The summed E-state index contributed by atoms with van der Waals surface area (Å²) in [6, 6.07) is 8.20. The van der Waals surface area contributed by atoms with E-state index >= 15 is 0 Å². The topological polar surface area (TPSA) is 27.1 Å². The molecule has 2 nitrogen and oxygen atoms in total. The van der Waals surface area contributed by atoms with Crippen LogP contribution in [0.4, 0.5) is 0 Å². The summed E-state index contributed by atoms with van der Waals surface area (Å²) < 4.78 is 0. The van der Waals surface area contributed by atoms with Crippen LogP contribution in [-0.4, -0.2) is 23.8 Å². The molecule has 1 aromatic carbocycles. The van der Waals surface area contributed by atoms with Crippen LogP contribution in [0.1, 0.15) is 24.0 Å². The molecular weight excluding hydrogens is 172 g/mol. The number of nitrogens with one attached hydrogen (secondary N) is 1. The Bertz CT molecular complexity index is 338. The molecule has 1 aromatic rings. The molecule has 0 radical (unpaired) electrons. The zero-order valence-electron chi connectivity index (χ0n) is 8.59. The zero-order valence-corrected chi connectivity index (χ0v) is 8.59. The lowest BCUT2D eigenvalue weighted by molar-refractivity contribution is 0.517. The van der Waals surface area contributed by atoms with Crippen LogP contribution in [0.25, 0.3) is 0 Å². The van der Waals surface area contributed by atoms with Crippen molar-refractivity contribution in [2.45, 2.75) is 19.8 Å². The van der Waals surface area contributed by atoms with E-state index in [0.717, 1.165) is 18.7 Å². The van der Waals surface area contributed by atoms with Crippen molar-refractivity contribution in [3.8, 4) is 0 Å². The number of hydrogen-bond acceptors (Lipinski definition) is 1. The van der Waals surface area contributed by atoms with Crippen LogP contribution in [0.5, 0.6) is 0 Å². The maximum atomic E-state index is 8.05. The largest absolute Gasteiger partial charge is 0.357 e. The van der Waals surface area contributed by atoms with Crippen LogP contribution in [0, 0.1) is 12.3 Å².